The molecular weight excluding hydrogens is 190 g/mol. The van der Waals surface area contributed by atoms with E-state index in [1.165, 1.54) is 0 Å². The zero-order valence-electron chi connectivity index (χ0n) is 9.16. The van der Waals surface area contributed by atoms with Crippen LogP contribution in [-0.4, -0.2) is 24.8 Å². The smallest absolute Gasteiger partial charge is 0.318 e. The Labute approximate surface area is 90.2 Å². The first-order chi connectivity index (χ1) is 7.25. The van der Waals surface area contributed by atoms with Crippen molar-refractivity contribution < 1.29 is 9.53 Å². The topological polar surface area (TPSA) is 38.7 Å². The molecule has 15 heavy (non-hydrogen) atoms. The maximum Gasteiger partial charge on any atom is 0.318 e. The SMILES string of the molecule is C=CCCC1=NC[C@H]2C[C@@]12C(=O)OCC. The number of carbonyl (C=O) groups excluding carboxylic acids is 1. The molecule has 0 spiro atoms. The lowest BCUT2D eigenvalue weighted by atomic mass is 9.95. The van der Waals surface area contributed by atoms with Gasteiger partial charge in [-0.3, -0.25) is 9.79 Å². The predicted molar refractivity (Wildman–Crippen MR) is 58.9 cm³/mol. The second kappa shape index (κ2) is 3.80. The van der Waals surface area contributed by atoms with Gasteiger partial charge in [-0.15, -0.1) is 6.58 Å². The van der Waals surface area contributed by atoms with Gasteiger partial charge in [-0.05, 0) is 26.2 Å². The first-order valence-electron chi connectivity index (χ1n) is 5.57. The Morgan fingerprint density at radius 3 is 3.20 bits per heavy atom. The molecule has 2 aliphatic rings. The fraction of sp³-hybridized carbons (Fsp3) is 0.667. The molecule has 1 aliphatic heterocycles. The summed E-state index contributed by atoms with van der Waals surface area (Å²) in [5.74, 6) is 0.367. The quantitative estimate of drug-likeness (QED) is 0.510. The van der Waals surface area contributed by atoms with E-state index in [0.29, 0.717) is 12.5 Å². The van der Waals surface area contributed by atoms with Crippen molar-refractivity contribution in [3.8, 4) is 0 Å². The lowest BCUT2D eigenvalue weighted by Crippen LogP contribution is -2.27. The third-order valence-corrected chi connectivity index (χ3v) is 3.35. The molecule has 0 amide bonds. The van der Waals surface area contributed by atoms with Crippen molar-refractivity contribution in [2.24, 2.45) is 16.3 Å². The summed E-state index contributed by atoms with van der Waals surface area (Å²) < 4.78 is 5.14. The number of esters is 1. The third-order valence-electron chi connectivity index (χ3n) is 3.35. The Kier molecular flexibility index (Phi) is 2.63. The number of rotatable bonds is 5. The van der Waals surface area contributed by atoms with Gasteiger partial charge in [0.1, 0.15) is 5.41 Å². The van der Waals surface area contributed by atoms with Gasteiger partial charge in [-0.2, -0.15) is 0 Å². The number of aliphatic imine (C=N–C) groups is 1. The van der Waals surface area contributed by atoms with Gasteiger partial charge in [-0.25, -0.2) is 0 Å². The second-order valence-corrected chi connectivity index (χ2v) is 4.21. The molecule has 0 radical (unpaired) electrons. The van der Waals surface area contributed by atoms with Gasteiger partial charge in [0.15, 0.2) is 0 Å². The van der Waals surface area contributed by atoms with E-state index in [0.717, 1.165) is 31.5 Å². The van der Waals surface area contributed by atoms with Crippen molar-refractivity contribution >= 4 is 11.7 Å². The highest BCUT2D eigenvalue weighted by molar-refractivity contribution is 6.11. The zero-order valence-corrected chi connectivity index (χ0v) is 9.16. The highest BCUT2D eigenvalue weighted by atomic mass is 16.5. The molecule has 0 saturated heterocycles. The molecule has 2 atom stereocenters. The first-order valence-corrected chi connectivity index (χ1v) is 5.57. The third kappa shape index (κ3) is 1.50. The van der Waals surface area contributed by atoms with Gasteiger partial charge >= 0.3 is 5.97 Å². The van der Waals surface area contributed by atoms with E-state index in [4.69, 9.17) is 4.74 Å². The molecule has 82 valence electrons. The number of fused-ring (bicyclic) bond motifs is 1. The summed E-state index contributed by atoms with van der Waals surface area (Å²) in [5.41, 5.74) is 0.727. The Morgan fingerprint density at radius 2 is 2.60 bits per heavy atom. The van der Waals surface area contributed by atoms with E-state index in [1.807, 2.05) is 13.0 Å². The monoisotopic (exact) mass is 207 g/mol. The number of hydrogen-bond acceptors (Lipinski definition) is 3. The van der Waals surface area contributed by atoms with Crippen LogP contribution in [0.15, 0.2) is 17.6 Å². The number of nitrogens with zero attached hydrogens (tertiary/aromatic N) is 1. The second-order valence-electron chi connectivity index (χ2n) is 4.21. The molecule has 1 saturated carbocycles. The summed E-state index contributed by atoms with van der Waals surface area (Å²) in [7, 11) is 0. The molecular formula is C12H17NO2. The first kappa shape index (κ1) is 10.4. The van der Waals surface area contributed by atoms with Crippen molar-refractivity contribution in [3.05, 3.63) is 12.7 Å². The van der Waals surface area contributed by atoms with Gasteiger partial charge < -0.3 is 4.74 Å². The van der Waals surface area contributed by atoms with E-state index in [2.05, 4.69) is 11.6 Å². The lowest BCUT2D eigenvalue weighted by Gasteiger charge is -2.13. The summed E-state index contributed by atoms with van der Waals surface area (Å²) in [6.07, 6.45) is 4.57. The van der Waals surface area contributed by atoms with Crippen LogP contribution in [0.5, 0.6) is 0 Å². The van der Waals surface area contributed by atoms with Crippen molar-refractivity contribution in [2.45, 2.75) is 26.2 Å². The molecule has 0 N–H and O–H groups in total. The maximum absolute atomic E-state index is 11.9. The summed E-state index contributed by atoms with van der Waals surface area (Å²) >= 11 is 0. The molecule has 0 aromatic carbocycles. The fourth-order valence-corrected chi connectivity index (χ4v) is 2.43. The summed E-state index contributed by atoms with van der Waals surface area (Å²) in [6, 6.07) is 0. The van der Waals surface area contributed by atoms with Crippen molar-refractivity contribution in [2.75, 3.05) is 13.2 Å². The van der Waals surface area contributed by atoms with Crippen LogP contribution in [0.3, 0.4) is 0 Å². The van der Waals surface area contributed by atoms with E-state index >= 15 is 0 Å². The maximum atomic E-state index is 11.9. The number of ether oxygens (including phenoxy) is 1. The number of carbonyl (C=O) groups is 1. The van der Waals surface area contributed by atoms with E-state index in [1.54, 1.807) is 0 Å². The van der Waals surface area contributed by atoms with Crippen LogP contribution in [0.4, 0.5) is 0 Å². The van der Waals surface area contributed by atoms with Crippen LogP contribution >= 0.6 is 0 Å². The minimum atomic E-state index is -0.320. The van der Waals surface area contributed by atoms with Crippen LogP contribution in [0.2, 0.25) is 0 Å². The molecule has 1 aliphatic carbocycles. The minimum absolute atomic E-state index is 0.0599. The van der Waals surface area contributed by atoms with Crippen LogP contribution in [0, 0.1) is 11.3 Å². The van der Waals surface area contributed by atoms with Gasteiger partial charge in [0, 0.05) is 18.2 Å². The van der Waals surface area contributed by atoms with Crippen LogP contribution in [0.25, 0.3) is 0 Å². The molecule has 3 nitrogen and oxygen atoms in total. The van der Waals surface area contributed by atoms with Crippen molar-refractivity contribution in [1.29, 1.82) is 0 Å². The fourth-order valence-electron chi connectivity index (χ4n) is 2.43. The number of hydrogen-bond donors (Lipinski definition) is 0. The largest absolute Gasteiger partial charge is 0.465 e. The Morgan fingerprint density at radius 1 is 1.80 bits per heavy atom. The van der Waals surface area contributed by atoms with Crippen LogP contribution < -0.4 is 0 Å². The summed E-state index contributed by atoms with van der Waals surface area (Å²) in [6.45, 7) is 6.81. The van der Waals surface area contributed by atoms with Crippen LogP contribution in [0.1, 0.15) is 26.2 Å². The van der Waals surface area contributed by atoms with Gasteiger partial charge in [0.05, 0.1) is 6.61 Å². The Hall–Kier alpha value is -1.12. The summed E-state index contributed by atoms with van der Waals surface area (Å²) in [4.78, 5) is 16.3. The highest BCUT2D eigenvalue weighted by Crippen LogP contribution is 2.58. The van der Waals surface area contributed by atoms with E-state index in [9.17, 15) is 4.79 Å². The average Bonchev–Trinajstić information content (AvgIpc) is 2.87. The van der Waals surface area contributed by atoms with E-state index in [-0.39, 0.29) is 11.4 Å². The molecule has 2 rings (SSSR count). The standard InChI is InChI=1S/C12H17NO2/c1-3-5-6-10-12(11(14)15-4-2)7-9(12)8-13-10/h3,9H,1,4-8H2,2H3/t9-,12+/m1/s1. The van der Waals surface area contributed by atoms with Crippen LogP contribution in [-0.2, 0) is 9.53 Å². The predicted octanol–water partition coefficient (Wildman–Crippen LogP) is 1.98. The molecule has 0 unspecified atom stereocenters. The zero-order chi connectivity index (χ0) is 10.9. The Bertz CT molecular complexity index is 322. The lowest BCUT2D eigenvalue weighted by molar-refractivity contribution is -0.147. The van der Waals surface area contributed by atoms with Crippen molar-refractivity contribution in [1.82, 2.24) is 0 Å². The molecule has 1 heterocycles. The normalized spacial score (nSPS) is 31.8. The minimum Gasteiger partial charge on any atom is -0.465 e. The molecule has 0 aromatic heterocycles. The van der Waals surface area contributed by atoms with Gasteiger partial charge in [-0.1, -0.05) is 6.08 Å². The molecule has 1 fully saturated rings. The molecule has 0 aromatic rings. The Balaban J connectivity index is 2.06. The number of allylic oxidation sites excluding steroid dienone is 1. The summed E-state index contributed by atoms with van der Waals surface area (Å²) in [5, 5.41) is 0. The van der Waals surface area contributed by atoms with E-state index < -0.39 is 0 Å². The highest BCUT2D eigenvalue weighted by Gasteiger charge is 2.66. The average molecular weight is 207 g/mol. The van der Waals surface area contributed by atoms with Gasteiger partial charge in [0.25, 0.3) is 0 Å². The molecule has 0 bridgehead atoms. The molecule has 3 heteroatoms. The van der Waals surface area contributed by atoms with Gasteiger partial charge in [0.2, 0.25) is 0 Å². The van der Waals surface area contributed by atoms with Crippen molar-refractivity contribution in [3.63, 3.8) is 0 Å².